The summed E-state index contributed by atoms with van der Waals surface area (Å²) in [4.78, 5) is 26.7. The minimum absolute atomic E-state index is 0.243. The fraction of sp³-hybridized carbons (Fsp3) is 0.391. The quantitative estimate of drug-likeness (QED) is 0.718. The molecule has 0 spiro atoms. The largest absolute Gasteiger partial charge is 0.482 e. The summed E-state index contributed by atoms with van der Waals surface area (Å²) >= 11 is 0. The van der Waals surface area contributed by atoms with Crippen LogP contribution in [0.4, 0.5) is 11.4 Å². The first-order chi connectivity index (χ1) is 14.0. The van der Waals surface area contributed by atoms with E-state index >= 15 is 0 Å². The smallest absolute Gasteiger partial charge is 0.344 e. The standard InChI is InChI=1S/C23H28N2O4/c1-17-8-4-5-9-21(17)28-16-22(26)29-18(2)23(27)24-19-10-12-20(13-11-19)25-14-6-3-7-15-25/h4-5,8-13,18H,3,6-7,14-16H2,1-2H3,(H,24,27)/t18-/m0/s1. The molecule has 0 radical (unpaired) electrons. The molecule has 1 aliphatic rings. The molecule has 1 heterocycles. The number of hydrogen-bond acceptors (Lipinski definition) is 5. The van der Waals surface area contributed by atoms with Crippen LogP contribution in [0.1, 0.15) is 31.7 Å². The van der Waals surface area contributed by atoms with Crippen molar-refractivity contribution < 1.29 is 19.1 Å². The first kappa shape index (κ1) is 20.7. The lowest BCUT2D eigenvalue weighted by Crippen LogP contribution is -2.32. The third-order valence-corrected chi connectivity index (χ3v) is 4.97. The fourth-order valence-corrected chi connectivity index (χ4v) is 3.29. The van der Waals surface area contributed by atoms with Crippen LogP contribution in [0, 0.1) is 6.92 Å². The number of hydrogen-bond donors (Lipinski definition) is 1. The summed E-state index contributed by atoms with van der Waals surface area (Å²) in [5.41, 5.74) is 2.77. The van der Waals surface area contributed by atoms with Gasteiger partial charge < -0.3 is 19.7 Å². The van der Waals surface area contributed by atoms with Crippen molar-refractivity contribution >= 4 is 23.3 Å². The van der Waals surface area contributed by atoms with Gasteiger partial charge in [-0.2, -0.15) is 0 Å². The zero-order chi connectivity index (χ0) is 20.6. The molecule has 0 bridgehead atoms. The molecule has 0 unspecified atom stereocenters. The van der Waals surface area contributed by atoms with Crippen molar-refractivity contribution in [3.63, 3.8) is 0 Å². The van der Waals surface area contributed by atoms with Crippen LogP contribution >= 0.6 is 0 Å². The number of carbonyl (C=O) groups is 2. The Morgan fingerprint density at radius 1 is 1.03 bits per heavy atom. The van der Waals surface area contributed by atoms with Gasteiger partial charge >= 0.3 is 5.97 Å². The maximum Gasteiger partial charge on any atom is 0.344 e. The van der Waals surface area contributed by atoms with Gasteiger partial charge in [-0.15, -0.1) is 0 Å². The maximum absolute atomic E-state index is 12.3. The number of carbonyl (C=O) groups excluding carboxylic acids is 2. The Kier molecular flexibility index (Phi) is 7.11. The lowest BCUT2D eigenvalue weighted by Gasteiger charge is -2.28. The molecule has 2 aromatic rings. The summed E-state index contributed by atoms with van der Waals surface area (Å²) in [5, 5.41) is 2.78. The highest BCUT2D eigenvalue weighted by molar-refractivity contribution is 5.95. The van der Waals surface area contributed by atoms with Crippen molar-refractivity contribution in [1.82, 2.24) is 0 Å². The third-order valence-electron chi connectivity index (χ3n) is 4.97. The Morgan fingerprint density at radius 3 is 2.41 bits per heavy atom. The van der Waals surface area contributed by atoms with Crippen molar-refractivity contribution in [3.05, 3.63) is 54.1 Å². The Morgan fingerprint density at radius 2 is 1.72 bits per heavy atom. The SMILES string of the molecule is Cc1ccccc1OCC(=O)O[C@@H](C)C(=O)Nc1ccc(N2CCCCC2)cc1. The molecule has 29 heavy (non-hydrogen) atoms. The van der Waals surface area contributed by atoms with Crippen LogP contribution in [0.2, 0.25) is 0 Å². The van der Waals surface area contributed by atoms with Crippen LogP contribution in [0.25, 0.3) is 0 Å². The normalized spacial score (nSPS) is 14.8. The van der Waals surface area contributed by atoms with E-state index in [2.05, 4.69) is 10.2 Å². The number of nitrogens with zero attached hydrogens (tertiary/aromatic N) is 1. The topological polar surface area (TPSA) is 67.9 Å². The van der Waals surface area contributed by atoms with E-state index in [0.29, 0.717) is 11.4 Å². The number of benzene rings is 2. The average Bonchev–Trinajstić information content (AvgIpc) is 2.74. The second-order valence-electron chi connectivity index (χ2n) is 7.27. The number of esters is 1. The van der Waals surface area contributed by atoms with Gasteiger partial charge in [0.05, 0.1) is 0 Å². The summed E-state index contributed by atoms with van der Waals surface area (Å²) < 4.78 is 10.6. The van der Waals surface area contributed by atoms with Gasteiger partial charge in [-0.1, -0.05) is 18.2 Å². The number of ether oxygens (including phenoxy) is 2. The van der Waals surface area contributed by atoms with Crippen molar-refractivity contribution in [2.24, 2.45) is 0 Å². The molecule has 1 atom stereocenters. The number of rotatable bonds is 7. The van der Waals surface area contributed by atoms with E-state index in [9.17, 15) is 9.59 Å². The van der Waals surface area contributed by atoms with Crippen LogP contribution in [0.3, 0.4) is 0 Å². The molecule has 2 aromatic carbocycles. The molecule has 1 amide bonds. The predicted molar refractivity (Wildman–Crippen MR) is 113 cm³/mol. The number of para-hydroxylation sites is 1. The molecule has 1 N–H and O–H groups in total. The second-order valence-corrected chi connectivity index (χ2v) is 7.27. The predicted octanol–water partition coefficient (Wildman–Crippen LogP) is 3.93. The van der Waals surface area contributed by atoms with Gasteiger partial charge in [-0.25, -0.2) is 4.79 Å². The van der Waals surface area contributed by atoms with Crippen molar-refractivity contribution in [2.75, 3.05) is 29.9 Å². The van der Waals surface area contributed by atoms with E-state index in [1.165, 1.54) is 19.3 Å². The van der Waals surface area contributed by atoms with Crippen molar-refractivity contribution in [3.8, 4) is 5.75 Å². The number of nitrogens with one attached hydrogen (secondary N) is 1. The zero-order valence-electron chi connectivity index (χ0n) is 17.0. The molecule has 1 fully saturated rings. The number of anilines is 2. The van der Waals surface area contributed by atoms with E-state index in [1.807, 2.05) is 49.4 Å². The van der Waals surface area contributed by atoms with Gasteiger partial charge in [0.25, 0.3) is 5.91 Å². The van der Waals surface area contributed by atoms with Crippen molar-refractivity contribution in [1.29, 1.82) is 0 Å². The van der Waals surface area contributed by atoms with Crippen LogP contribution in [-0.4, -0.2) is 37.7 Å². The highest BCUT2D eigenvalue weighted by atomic mass is 16.6. The van der Waals surface area contributed by atoms with Gasteiger partial charge in [-0.3, -0.25) is 4.79 Å². The summed E-state index contributed by atoms with van der Waals surface area (Å²) in [6, 6.07) is 15.2. The lowest BCUT2D eigenvalue weighted by molar-refractivity contribution is -0.155. The molecule has 0 saturated carbocycles. The molecular weight excluding hydrogens is 368 g/mol. The molecule has 3 rings (SSSR count). The van der Waals surface area contributed by atoms with E-state index in [4.69, 9.17) is 9.47 Å². The van der Waals surface area contributed by atoms with E-state index in [-0.39, 0.29) is 12.5 Å². The number of aryl methyl sites for hydroxylation is 1. The molecule has 6 nitrogen and oxygen atoms in total. The molecule has 0 aliphatic carbocycles. The van der Waals surface area contributed by atoms with E-state index < -0.39 is 12.1 Å². The molecule has 0 aromatic heterocycles. The van der Waals surface area contributed by atoms with Crippen LogP contribution in [-0.2, 0) is 14.3 Å². The first-order valence-corrected chi connectivity index (χ1v) is 10.1. The highest BCUT2D eigenvalue weighted by Crippen LogP contribution is 2.22. The first-order valence-electron chi connectivity index (χ1n) is 10.1. The summed E-state index contributed by atoms with van der Waals surface area (Å²) in [6.45, 7) is 5.34. The van der Waals surface area contributed by atoms with Gasteiger partial charge in [0.1, 0.15) is 5.75 Å². The van der Waals surface area contributed by atoms with Crippen LogP contribution in [0.5, 0.6) is 5.75 Å². The molecular formula is C23H28N2O4. The monoisotopic (exact) mass is 396 g/mol. The molecule has 1 saturated heterocycles. The number of piperidine rings is 1. The summed E-state index contributed by atoms with van der Waals surface area (Å²) in [6.07, 6.45) is 2.81. The fourth-order valence-electron chi connectivity index (χ4n) is 3.29. The second kappa shape index (κ2) is 9.96. The highest BCUT2D eigenvalue weighted by Gasteiger charge is 2.19. The van der Waals surface area contributed by atoms with Crippen LogP contribution in [0.15, 0.2) is 48.5 Å². The third kappa shape index (κ3) is 5.98. The number of amides is 1. The lowest BCUT2D eigenvalue weighted by atomic mass is 10.1. The minimum Gasteiger partial charge on any atom is -0.482 e. The van der Waals surface area contributed by atoms with Crippen LogP contribution < -0.4 is 15.0 Å². The van der Waals surface area contributed by atoms with Gasteiger partial charge in [-0.05, 0) is 69.0 Å². The Bertz CT molecular complexity index is 829. The van der Waals surface area contributed by atoms with Gasteiger partial charge in [0.15, 0.2) is 12.7 Å². The van der Waals surface area contributed by atoms with Crippen molar-refractivity contribution in [2.45, 2.75) is 39.2 Å². The summed E-state index contributed by atoms with van der Waals surface area (Å²) in [5.74, 6) is -0.341. The van der Waals surface area contributed by atoms with Gasteiger partial charge in [0.2, 0.25) is 0 Å². The Balaban J connectivity index is 1.45. The molecule has 154 valence electrons. The van der Waals surface area contributed by atoms with E-state index in [1.54, 1.807) is 13.0 Å². The molecule has 6 heteroatoms. The van der Waals surface area contributed by atoms with E-state index in [0.717, 1.165) is 24.3 Å². The van der Waals surface area contributed by atoms with Gasteiger partial charge in [0, 0.05) is 24.5 Å². The maximum atomic E-state index is 12.3. The Hall–Kier alpha value is -3.02. The Labute approximate surface area is 171 Å². The minimum atomic E-state index is -0.912. The zero-order valence-corrected chi connectivity index (χ0v) is 17.0. The molecule has 1 aliphatic heterocycles. The summed E-state index contributed by atoms with van der Waals surface area (Å²) in [7, 11) is 0. The average molecular weight is 396 g/mol.